The molecule has 0 atom stereocenters. The molecular weight excluding hydrogens is 469 g/mol. The van der Waals surface area contributed by atoms with Gasteiger partial charge in [-0.1, -0.05) is 18.2 Å². The Hall–Kier alpha value is -3.07. The van der Waals surface area contributed by atoms with E-state index in [1.807, 2.05) is 13.0 Å². The molecule has 2 aromatic carbocycles. The van der Waals surface area contributed by atoms with E-state index in [-0.39, 0.29) is 17.7 Å². The van der Waals surface area contributed by atoms with Crippen molar-refractivity contribution in [2.75, 3.05) is 10.2 Å². The van der Waals surface area contributed by atoms with E-state index in [0.29, 0.717) is 31.8 Å². The Bertz CT molecular complexity index is 1130. The maximum Gasteiger partial charge on any atom is 0.274 e. The summed E-state index contributed by atoms with van der Waals surface area (Å²) in [4.78, 5) is 43.1. The number of carbonyl (C=O) groups is 3. The van der Waals surface area contributed by atoms with Crippen LogP contribution in [0.3, 0.4) is 0 Å². The summed E-state index contributed by atoms with van der Waals surface area (Å²) in [6.07, 6.45) is 1.55. The molecule has 7 heteroatoms. The lowest BCUT2D eigenvalue weighted by molar-refractivity contribution is 0.0924. The molecule has 1 aromatic heterocycles. The Labute approximate surface area is 174 Å². The summed E-state index contributed by atoms with van der Waals surface area (Å²) in [6, 6.07) is 15.4. The fourth-order valence-electron chi connectivity index (χ4n) is 3.13. The van der Waals surface area contributed by atoms with Gasteiger partial charge < -0.3 is 5.32 Å². The minimum Gasteiger partial charge on any atom is -0.321 e. The lowest BCUT2D eigenvalue weighted by Crippen LogP contribution is -2.30. The smallest absolute Gasteiger partial charge is 0.274 e. The van der Waals surface area contributed by atoms with E-state index in [9.17, 15) is 14.4 Å². The fourth-order valence-corrected chi connectivity index (χ4v) is 3.89. The number of halogens is 1. The number of aromatic nitrogens is 1. The number of benzene rings is 2. The molecule has 2 heterocycles. The van der Waals surface area contributed by atoms with Crippen LogP contribution in [0, 0.1) is 10.5 Å². The molecule has 0 saturated heterocycles. The van der Waals surface area contributed by atoms with E-state index >= 15 is 0 Å². The molecule has 0 spiro atoms. The van der Waals surface area contributed by atoms with Gasteiger partial charge in [0.05, 0.1) is 16.8 Å². The SMILES string of the molecule is Cc1cccc2c1C(=O)N(c1ccc(NC(=O)c3ccccn3)cc1I)C2=O. The second kappa shape index (κ2) is 7.16. The molecule has 138 valence electrons. The van der Waals surface area contributed by atoms with Gasteiger partial charge in [-0.15, -0.1) is 0 Å². The summed E-state index contributed by atoms with van der Waals surface area (Å²) in [5, 5.41) is 2.77. The van der Waals surface area contributed by atoms with Crippen molar-refractivity contribution in [3.63, 3.8) is 0 Å². The van der Waals surface area contributed by atoms with Crippen molar-refractivity contribution in [2.45, 2.75) is 6.92 Å². The van der Waals surface area contributed by atoms with Gasteiger partial charge in [0.25, 0.3) is 17.7 Å². The molecule has 0 radical (unpaired) electrons. The Morgan fingerprint density at radius 1 is 1.04 bits per heavy atom. The topological polar surface area (TPSA) is 79.4 Å². The summed E-state index contributed by atoms with van der Waals surface area (Å²) in [7, 11) is 0. The van der Waals surface area contributed by atoms with Crippen molar-refractivity contribution in [3.8, 4) is 0 Å². The highest BCUT2D eigenvalue weighted by Gasteiger charge is 2.38. The summed E-state index contributed by atoms with van der Waals surface area (Å²) >= 11 is 2.05. The largest absolute Gasteiger partial charge is 0.321 e. The monoisotopic (exact) mass is 483 g/mol. The Morgan fingerprint density at radius 2 is 1.86 bits per heavy atom. The summed E-state index contributed by atoms with van der Waals surface area (Å²) in [5.41, 5.74) is 2.97. The third-order valence-corrected chi connectivity index (χ3v) is 5.33. The molecule has 0 saturated carbocycles. The van der Waals surface area contributed by atoms with E-state index in [2.05, 4.69) is 32.9 Å². The number of amides is 3. The maximum absolute atomic E-state index is 12.9. The molecule has 6 nitrogen and oxygen atoms in total. The van der Waals surface area contributed by atoms with Crippen molar-refractivity contribution < 1.29 is 14.4 Å². The zero-order valence-electron chi connectivity index (χ0n) is 14.8. The number of rotatable bonds is 3. The molecule has 0 aliphatic carbocycles. The number of imide groups is 1. The number of aryl methyl sites for hydroxylation is 1. The second-order valence-corrected chi connectivity index (χ2v) is 7.44. The molecule has 3 amide bonds. The first-order valence-corrected chi connectivity index (χ1v) is 9.55. The van der Waals surface area contributed by atoms with Gasteiger partial charge in [-0.3, -0.25) is 19.4 Å². The van der Waals surface area contributed by atoms with Crippen LogP contribution in [0.4, 0.5) is 11.4 Å². The van der Waals surface area contributed by atoms with E-state index in [1.54, 1.807) is 54.7 Å². The maximum atomic E-state index is 12.9. The number of nitrogens with zero attached hydrogens (tertiary/aromatic N) is 2. The number of hydrogen-bond donors (Lipinski definition) is 1. The van der Waals surface area contributed by atoms with E-state index in [4.69, 9.17) is 0 Å². The number of hydrogen-bond acceptors (Lipinski definition) is 4. The molecule has 0 fully saturated rings. The number of pyridine rings is 1. The molecule has 1 aliphatic heterocycles. The fraction of sp³-hybridized carbons (Fsp3) is 0.0476. The van der Waals surface area contributed by atoms with Crippen molar-refractivity contribution in [1.29, 1.82) is 0 Å². The van der Waals surface area contributed by atoms with E-state index in [1.165, 1.54) is 4.90 Å². The molecule has 3 aromatic rings. The molecular formula is C21H14IN3O3. The molecule has 28 heavy (non-hydrogen) atoms. The standard InChI is InChI=1S/C21H14IN3O3/c1-12-5-4-6-14-18(12)21(28)25(20(14)27)17-9-8-13(11-15(17)22)24-19(26)16-7-2-3-10-23-16/h2-11H,1H3,(H,24,26). The zero-order chi connectivity index (χ0) is 19.8. The van der Waals surface area contributed by atoms with Crippen LogP contribution in [0.1, 0.15) is 36.8 Å². The minimum atomic E-state index is -0.341. The first-order chi connectivity index (χ1) is 13.5. The molecule has 1 N–H and O–H groups in total. The lowest BCUT2D eigenvalue weighted by atomic mass is 10.0. The summed E-state index contributed by atoms with van der Waals surface area (Å²) in [6.45, 7) is 1.81. The minimum absolute atomic E-state index is 0.303. The van der Waals surface area contributed by atoms with Crippen molar-refractivity contribution in [3.05, 3.63) is 86.7 Å². The first-order valence-electron chi connectivity index (χ1n) is 8.47. The summed E-state index contributed by atoms with van der Waals surface area (Å²) in [5.74, 6) is -1.01. The zero-order valence-corrected chi connectivity index (χ0v) is 16.9. The van der Waals surface area contributed by atoms with E-state index < -0.39 is 0 Å². The summed E-state index contributed by atoms with van der Waals surface area (Å²) < 4.78 is 0.670. The van der Waals surface area contributed by atoms with Crippen LogP contribution in [-0.2, 0) is 0 Å². The highest BCUT2D eigenvalue weighted by Crippen LogP contribution is 2.34. The van der Waals surface area contributed by atoms with Crippen LogP contribution in [-0.4, -0.2) is 22.7 Å². The van der Waals surface area contributed by atoms with Crippen LogP contribution in [0.2, 0.25) is 0 Å². The number of fused-ring (bicyclic) bond motifs is 1. The van der Waals surface area contributed by atoms with Gasteiger partial charge >= 0.3 is 0 Å². The third-order valence-electron chi connectivity index (χ3n) is 4.47. The van der Waals surface area contributed by atoms with Gasteiger partial charge in [0.1, 0.15) is 5.69 Å². The van der Waals surface area contributed by atoms with Crippen LogP contribution < -0.4 is 10.2 Å². The molecule has 1 aliphatic rings. The Balaban J connectivity index is 1.63. The quantitative estimate of drug-likeness (QED) is 0.451. The highest BCUT2D eigenvalue weighted by atomic mass is 127. The predicted octanol–water partition coefficient (Wildman–Crippen LogP) is 4.05. The lowest BCUT2D eigenvalue weighted by Gasteiger charge is -2.17. The van der Waals surface area contributed by atoms with Crippen molar-refractivity contribution in [2.24, 2.45) is 0 Å². The number of anilines is 2. The highest BCUT2D eigenvalue weighted by molar-refractivity contribution is 14.1. The normalized spacial score (nSPS) is 12.9. The van der Waals surface area contributed by atoms with Crippen LogP contribution in [0.5, 0.6) is 0 Å². The van der Waals surface area contributed by atoms with Crippen molar-refractivity contribution in [1.82, 2.24) is 4.98 Å². The number of carbonyl (C=O) groups excluding carboxylic acids is 3. The average molecular weight is 483 g/mol. The van der Waals surface area contributed by atoms with Gasteiger partial charge in [0, 0.05) is 15.5 Å². The van der Waals surface area contributed by atoms with Gasteiger partial charge in [0.15, 0.2) is 0 Å². The first kappa shape index (κ1) is 18.3. The van der Waals surface area contributed by atoms with Gasteiger partial charge in [-0.2, -0.15) is 0 Å². The van der Waals surface area contributed by atoms with E-state index in [0.717, 1.165) is 5.56 Å². The molecule has 4 rings (SSSR count). The second-order valence-electron chi connectivity index (χ2n) is 6.28. The van der Waals surface area contributed by atoms with Gasteiger partial charge in [-0.25, -0.2) is 4.90 Å². The molecule has 0 unspecified atom stereocenters. The van der Waals surface area contributed by atoms with Crippen LogP contribution >= 0.6 is 22.6 Å². The number of nitrogens with one attached hydrogen (secondary N) is 1. The molecule has 0 bridgehead atoms. The van der Waals surface area contributed by atoms with Crippen LogP contribution in [0.15, 0.2) is 60.8 Å². The van der Waals surface area contributed by atoms with Crippen molar-refractivity contribution >= 4 is 51.7 Å². The van der Waals surface area contributed by atoms with Crippen LogP contribution in [0.25, 0.3) is 0 Å². The Kier molecular flexibility index (Phi) is 4.68. The van der Waals surface area contributed by atoms with Gasteiger partial charge in [0.2, 0.25) is 0 Å². The van der Waals surface area contributed by atoms with Gasteiger partial charge in [-0.05, 0) is 71.5 Å². The third kappa shape index (κ3) is 3.07. The Morgan fingerprint density at radius 3 is 2.54 bits per heavy atom. The predicted molar refractivity (Wildman–Crippen MR) is 114 cm³/mol. The average Bonchev–Trinajstić information content (AvgIpc) is 2.94.